The van der Waals surface area contributed by atoms with Gasteiger partial charge in [-0.15, -0.1) is 4.37 Å². The van der Waals surface area contributed by atoms with Crippen LogP contribution in [0, 0.1) is 5.92 Å². The number of methoxy groups -OCH3 is 1. The van der Waals surface area contributed by atoms with Crippen LogP contribution in [0.1, 0.15) is 18.4 Å². The van der Waals surface area contributed by atoms with Crippen molar-refractivity contribution in [3.63, 3.8) is 0 Å². The Kier molecular flexibility index (Phi) is 6.27. The quantitative estimate of drug-likeness (QED) is 0.689. The van der Waals surface area contributed by atoms with Gasteiger partial charge >= 0.3 is 6.01 Å². The summed E-state index contributed by atoms with van der Waals surface area (Å²) in [5.74, 6) is -1.01. The fraction of sp³-hybridized carbons (Fsp3) is 0.389. The van der Waals surface area contributed by atoms with Gasteiger partial charge in [-0.1, -0.05) is 18.2 Å². The SMILES string of the molecule is COc1nsc(NC(=O)/C(=C/[C@H]2C[C@@H](F)[C@@H](F)C2)c2ccc(S(C)(=O)=O)cc2)n1. The van der Waals surface area contributed by atoms with E-state index in [9.17, 15) is 22.0 Å². The minimum atomic E-state index is -3.40. The van der Waals surface area contributed by atoms with Crippen molar-refractivity contribution < 1.29 is 26.7 Å². The molecule has 0 radical (unpaired) electrons. The van der Waals surface area contributed by atoms with E-state index < -0.39 is 34.0 Å². The number of alkyl halides is 2. The predicted molar refractivity (Wildman–Crippen MR) is 105 cm³/mol. The first-order valence-corrected chi connectivity index (χ1v) is 11.3. The molecule has 1 aliphatic rings. The van der Waals surface area contributed by atoms with E-state index in [1.54, 1.807) is 0 Å². The molecule has 3 rings (SSSR count). The third-order valence-corrected chi connectivity index (χ3v) is 6.24. The molecule has 1 aliphatic carbocycles. The molecular weight excluding hydrogens is 424 g/mol. The number of allylic oxidation sites excluding steroid dienone is 1. The molecule has 3 atom stereocenters. The van der Waals surface area contributed by atoms with Gasteiger partial charge in [-0.05, 0) is 36.5 Å². The molecule has 2 aromatic rings. The fourth-order valence-corrected chi connectivity index (χ4v) is 4.20. The minimum Gasteiger partial charge on any atom is -0.466 e. The molecule has 1 N–H and O–H groups in total. The Morgan fingerprint density at radius 1 is 1.24 bits per heavy atom. The van der Waals surface area contributed by atoms with Gasteiger partial charge in [0.05, 0.1) is 12.0 Å². The van der Waals surface area contributed by atoms with Gasteiger partial charge in [-0.3, -0.25) is 10.1 Å². The summed E-state index contributed by atoms with van der Waals surface area (Å²) in [5.41, 5.74) is 0.592. The lowest BCUT2D eigenvalue weighted by Gasteiger charge is -2.11. The first-order chi connectivity index (χ1) is 13.7. The number of anilines is 1. The predicted octanol–water partition coefficient (Wildman–Crippen LogP) is 3.06. The Hall–Kier alpha value is -2.40. The van der Waals surface area contributed by atoms with Crippen LogP contribution in [0.25, 0.3) is 5.57 Å². The number of carbonyl (C=O) groups is 1. The second kappa shape index (κ2) is 8.54. The van der Waals surface area contributed by atoms with Gasteiger partial charge < -0.3 is 4.74 Å². The lowest BCUT2D eigenvalue weighted by atomic mass is 9.98. The minimum absolute atomic E-state index is 0.0218. The van der Waals surface area contributed by atoms with Crippen molar-refractivity contribution >= 4 is 38.0 Å². The maximum Gasteiger partial charge on any atom is 0.329 e. The summed E-state index contributed by atoms with van der Waals surface area (Å²) in [7, 11) is -2.01. The third kappa shape index (κ3) is 5.15. The third-order valence-electron chi connectivity index (χ3n) is 4.50. The van der Waals surface area contributed by atoms with E-state index in [-0.39, 0.29) is 34.5 Å². The normalized spacial score (nSPS) is 22.5. The van der Waals surface area contributed by atoms with Crippen LogP contribution in [0.2, 0.25) is 0 Å². The highest BCUT2D eigenvalue weighted by molar-refractivity contribution is 7.90. The van der Waals surface area contributed by atoms with Crippen molar-refractivity contribution in [2.45, 2.75) is 30.1 Å². The van der Waals surface area contributed by atoms with Crippen LogP contribution in [0.3, 0.4) is 0 Å². The highest BCUT2D eigenvalue weighted by Crippen LogP contribution is 2.34. The highest BCUT2D eigenvalue weighted by Gasteiger charge is 2.34. The summed E-state index contributed by atoms with van der Waals surface area (Å²) < 4.78 is 59.3. The zero-order valence-corrected chi connectivity index (χ0v) is 17.3. The number of hydrogen-bond donors (Lipinski definition) is 1. The van der Waals surface area contributed by atoms with E-state index in [0.29, 0.717) is 5.56 Å². The average molecular weight is 443 g/mol. The van der Waals surface area contributed by atoms with E-state index in [1.807, 2.05) is 0 Å². The summed E-state index contributed by atoms with van der Waals surface area (Å²) in [6.45, 7) is 0. The van der Waals surface area contributed by atoms with Gasteiger partial charge in [0.25, 0.3) is 5.91 Å². The van der Waals surface area contributed by atoms with Crippen molar-refractivity contribution in [3.05, 3.63) is 35.9 Å². The standard InChI is InChI=1S/C18H19F2N3O4S2/c1-27-17-22-18(28-23-17)21-16(24)13(7-10-8-14(19)15(20)9-10)11-3-5-12(6-4-11)29(2,25)26/h3-7,10,14-15H,8-9H2,1-2H3,(H,21,22,23,24)/b13-7+/t10-,14+,15-. The van der Waals surface area contributed by atoms with Gasteiger partial charge in [0.2, 0.25) is 5.13 Å². The molecule has 0 spiro atoms. The summed E-state index contributed by atoms with van der Waals surface area (Å²) in [4.78, 5) is 16.9. The summed E-state index contributed by atoms with van der Waals surface area (Å²) in [6.07, 6.45) is -0.579. The maximum atomic E-state index is 13.6. The number of nitrogens with one attached hydrogen (secondary N) is 1. The molecule has 1 saturated carbocycles. The number of carbonyl (C=O) groups excluding carboxylic acids is 1. The second-order valence-corrected chi connectivity index (χ2v) is 9.45. The largest absolute Gasteiger partial charge is 0.466 e. The molecule has 0 bridgehead atoms. The number of amides is 1. The van der Waals surface area contributed by atoms with E-state index in [0.717, 1.165) is 17.8 Å². The zero-order chi connectivity index (χ0) is 21.2. The number of halogens is 2. The molecule has 0 unspecified atom stereocenters. The summed E-state index contributed by atoms with van der Waals surface area (Å²) in [5, 5.41) is 2.79. The first-order valence-electron chi connectivity index (χ1n) is 8.67. The second-order valence-electron chi connectivity index (χ2n) is 6.68. The molecule has 11 heteroatoms. The summed E-state index contributed by atoms with van der Waals surface area (Å²) >= 11 is 0.920. The van der Waals surface area contributed by atoms with Crippen molar-refractivity contribution in [2.75, 3.05) is 18.7 Å². The molecular formula is C18H19F2N3O4S2. The van der Waals surface area contributed by atoms with E-state index in [1.165, 1.54) is 37.5 Å². The number of nitrogens with zero attached hydrogens (tertiary/aromatic N) is 2. The van der Waals surface area contributed by atoms with Crippen LogP contribution in [-0.2, 0) is 14.6 Å². The molecule has 156 valence electrons. The van der Waals surface area contributed by atoms with Crippen molar-refractivity contribution in [1.82, 2.24) is 9.36 Å². The first kappa shape index (κ1) is 21.3. The van der Waals surface area contributed by atoms with Crippen LogP contribution < -0.4 is 10.1 Å². The molecule has 1 fully saturated rings. The molecule has 1 aromatic heterocycles. The van der Waals surface area contributed by atoms with Gasteiger partial charge in [-0.2, -0.15) is 4.98 Å². The Balaban J connectivity index is 1.91. The van der Waals surface area contributed by atoms with Crippen LogP contribution in [0.5, 0.6) is 6.01 Å². The zero-order valence-electron chi connectivity index (χ0n) is 15.6. The Morgan fingerprint density at radius 3 is 2.38 bits per heavy atom. The van der Waals surface area contributed by atoms with E-state index >= 15 is 0 Å². The van der Waals surface area contributed by atoms with E-state index in [2.05, 4.69) is 14.7 Å². The van der Waals surface area contributed by atoms with Crippen LogP contribution in [-0.4, -0.2) is 49.4 Å². The van der Waals surface area contributed by atoms with Crippen LogP contribution in [0.4, 0.5) is 13.9 Å². The fourth-order valence-electron chi connectivity index (χ4n) is 3.03. The number of aromatic nitrogens is 2. The lowest BCUT2D eigenvalue weighted by molar-refractivity contribution is -0.111. The Bertz CT molecular complexity index is 1010. The summed E-state index contributed by atoms with van der Waals surface area (Å²) in [6, 6.07) is 5.83. The molecule has 0 saturated heterocycles. The van der Waals surface area contributed by atoms with Crippen molar-refractivity contribution in [1.29, 1.82) is 0 Å². The molecule has 29 heavy (non-hydrogen) atoms. The van der Waals surface area contributed by atoms with Gasteiger partial charge in [0.15, 0.2) is 9.84 Å². The highest BCUT2D eigenvalue weighted by atomic mass is 32.2. The van der Waals surface area contributed by atoms with Crippen molar-refractivity contribution in [2.24, 2.45) is 5.92 Å². The maximum absolute atomic E-state index is 13.6. The Morgan fingerprint density at radius 2 is 1.86 bits per heavy atom. The molecule has 7 nitrogen and oxygen atoms in total. The number of sulfone groups is 1. The van der Waals surface area contributed by atoms with Crippen LogP contribution in [0.15, 0.2) is 35.2 Å². The molecule has 1 heterocycles. The number of hydrogen-bond acceptors (Lipinski definition) is 7. The molecule has 1 amide bonds. The molecule has 1 aromatic carbocycles. The lowest BCUT2D eigenvalue weighted by Crippen LogP contribution is -2.15. The van der Waals surface area contributed by atoms with Crippen LogP contribution >= 0.6 is 11.5 Å². The van der Waals surface area contributed by atoms with Gasteiger partial charge in [0, 0.05) is 23.4 Å². The number of rotatable bonds is 6. The smallest absolute Gasteiger partial charge is 0.329 e. The number of benzene rings is 1. The van der Waals surface area contributed by atoms with Crippen molar-refractivity contribution in [3.8, 4) is 6.01 Å². The van der Waals surface area contributed by atoms with Gasteiger partial charge in [0.1, 0.15) is 12.3 Å². The monoisotopic (exact) mass is 443 g/mol. The van der Waals surface area contributed by atoms with Gasteiger partial charge in [-0.25, -0.2) is 17.2 Å². The number of ether oxygens (including phenoxy) is 1. The van der Waals surface area contributed by atoms with E-state index in [4.69, 9.17) is 4.74 Å². The average Bonchev–Trinajstić information content (AvgIpc) is 3.25. The molecule has 0 aliphatic heterocycles. The topological polar surface area (TPSA) is 98.2 Å². The Labute approximate surface area is 170 Å².